The molecule has 2 heterocycles. The van der Waals surface area contributed by atoms with Crippen LogP contribution in [0.25, 0.3) is 10.3 Å². The van der Waals surface area contributed by atoms with Gasteiger partial charge in [-0.2, -0.15) is 4.98 Å². The Morgan fingerprint density at radius 2 is 1.96 bits per heavy atom. The van der Waals surface area contributed by atoms with E-state index in [-0.39, 0.29) is 0 Å². The summed E-state index contributed by atoms with van der Waals surface area (Å²) < 4.78 is 6.96. The van der Waals surface area contributed by atoms with Crippen LogP contribution in [0.5, 0.6) is 10.9 Å². The van der Waals surface area contributed by atoms with Crippen molar-refractivity contribution in [3.8, 4) is 10.9 Å². The molecule has 1 fully saturated rings. The Labute approximate surface area is 165 Å². The first-order valence-corrected chi connectivity index (χ1v) is 10.8. The van der Waals surface area contributed by atoms with E-state index in [0.717, 1.165) is 35.0 Å². The van der Waals surface area contributed by atoms with Crippen LogP contribution >= 0.6 is 11.3 Å². The normalized spacial score (nSPS) is 14.1. The zero-order valence-electron chi connectivity index (χ0n) is 15.9. The number of hydrogen-bond acceptors (Lipinski definition) is 5. The third-order valence-electron chi connectivity index (χ3n) is 5.08. The first kappa shape index (κ1) is 18.4. The Morgan fingerprint density at radius 3 is 2.70 bits per heavy atom. The number of pyridine rings is 1. The number of rotatable bonds is 10. The molecule has 3 aromatic rings. The van der Waals surface area contributed by atoms with Gasteiger partial charge in [-0.3, -0.25) is 0 Å². The zero-order chi connectivity index (χ0) is 18.5. The molecule has 0 N–H and O–H groups in total. The summed E-state index contributed by atoms with van der Waals surface area (Å²) in [6.07, 6.45) is 8.36. The third kappa shape index (κ3) is 5.27. The van der Waals surface area contributed by atoms with E-state index < -0.39 is 0 Å². The summed E-state index contributed by atoms with van der Waals surface area (Å²) in [5.74, 6) is 1.84. The van der Waals surface area contributed by atoms with Crippen LogP contribution in [0.1, 0.15) is 38.2 Å². The molecule has 2 aromatic heterocycles. The van der Waals surface area contributed by atoms with Gasteiger partial charge in [0.2, 0.25) is 0 Å². The second-order valence-electron chi connectivity index (χ2n) is 7.37. The van der Waals surface area contributed by atoms with E-state index in [1.54, 1.807) is 6.20 Å². The van der Waals surface area contributed by atoms with Crippen LogP contribution in [0.2, 0.25) is 0 Å². The van der Waals surface area contributed by atoms with Crippen molar-refractivity contribution in [2.24, 2.45) is 5.92 Å². The maximum Gasteiger partial charge on any atom is 0.281 e. The number of ether oxygens (including phenoxy) is 1. The van der Waals surface area contributed by atoms with Gasteiger partial charge in [-0.25, -0.2) is 4.98 Å². The Balaban J connectivity index is 1.30. The first-order valence-electron chi connectivity index (χ1n) is 10.0. The predicted molar refractivity (Wildman–Crippen MR) is 112 cm³/mol. The molecule has 5 heteroatoms. The maximum absolute atomic E-state index is 5.91. The van der Waals surface area contributed by atoms with E-state index in [1.807, 2.05) is 24.3 Å². The molecule has 0 amide bonds. The van der Waals surface area contributed by atoms with Gasteiger partial charge in [0.1, 0.15) is 5.75 Å². The fourth-order valence-electron chi connectivity index (χ4n) is 3.33. The lowest BCUT2D eigenvalue weighted by molar-refractivity contribution is 0.269. The van der Waals surface area contributed by atoms with Gasteiger partial charge in [0.05, 0.1) is 4.70 Å². The molecule has 0 radical (unpaired) electrons. The van der Waals surface area contributed by atoms with Crippen LogP contribution in [-0.4, -0.2) is 34.5 Å². The standard InChI is InChI=1S/C22H27N3OS/c1-2-14-25(15-11-17-5-6-17)16-12-18-7-9-19(10-8-18)26-22-24-21-20(27-22)4-3-13-23-21/h3-4,7-10,13,17H,2,5-6,11-12,14-16H2,1H3. The van der Waals surface area contributed by atoms with Crippen LogP contribution < -0.4 is 4.74 Å². The van der Waals surface area contributed by atoms with E-state index in [1.165, 1.54) is 55.7 Å². The number of hydrogen-bond donors (Lipinski definition) is 0. The molecule has 0 atom stereocenters. The van der Waals surface area contributed by atoms with Gasteiger partial charge >= 0.3 is 0 Å². The molecule has 27 heavy (non-hydrogen) atoms. The Hall–Kier alpha value is -1.98. The van der Waals surface area contributed by atoms with Crippen LogP contribution in [0, 0.1) is 5.92 Å². The third-order valence-corrected chi connectivity index (χ3v) is 5.97. The van der Waals surface area contributed by atoms with E-state index in [9.17, 15) is 0 Å². The molecule has 0 saturated heterocycles. The molecule has 0 spiro atoms. The highest BCUT2D eigenvalue weighted by molar-refractivity contribution is 7.20. The van der Waals surface area contributed by atoms with Crippen molar-refractivity contribution >= 4 is 21.7 Å². The molecule has 142 valence electrons. The lowest BCUT2D eigenvalue weighted by Crippen LogP contribution is -2.28. The predicted octanol–water partition coefficient (Wildman–Crippen LogP) is 5.54. The summed E-state index contributed by atoms with van der Waals surface area (Å²) in [6.45, 7) is 5.88. The Kier molecular flexibility index (Phi) is 6.00. The largest absolute Gasteiger partial charge is 0.431 e. The van der Waals surface area contributed by atoms with Crippen LogP contribution in [0.4, 0.5) is 0 Å². The van der Waals surface area contributed by atoms with Crippen molar-refractivity contribution in [1.82, 2.24) is 14.9 Å². The topological polar surface area (TPSA) is 38.2 Å². The van der Waals surface area contributed by atoms with E-state index >= 15 is 0 Å². The molecule has 1 aliphatic rings. The van der Waals surface area contributed by atoms with E-state index in [0.29, 0.717) is 5.19 Å². The fourth-order valence-corrected chi connectivity index (χ4v) is 4.12. The van der Waals surface area contributed by atoms with Crippen molar-refractivity contribution in [3.63, 3.8) is 0 Å². The number of nitrogens with zero attached hydrogens (tertiary/aromatic N) is 3. The van der Waals surface area contributed by atoms with Crippen LogP contribution in [0.3, 0.4) is 0 Å². The van der Waals surface area contributed by atoms with E-state index in [2.05, 4.69) is 33.9 Å². The monoisotopic (exact) mass is 381 g/mol. The summed E-state index contributed by atoms with van der Waals surface area (Å²) in [6, 6.07) is 12.4. The number of thiazole rings is 1. The molecule has 0 unspecified atom stereocenters. The molecule has 1 aromatic carbocycles. The van der Waals surface area contributed by atoms with Gasteiger partial charge in [-0.15, -0.1) is 0 Å². The quantitative estimate of drug-likeness (QED) is 0.462. The number of fused-ring (bicyclic) bond motifs is 1. The Morgan fingerprint density at radius 1 is 1.11 bits per heavy atom. The van der Waals surface area contributed by atoms with Crippen molar-refractivity contribution in [1.29, 1.82) is 0 Å². The molecule has 1 saturated carbocycles. The lowest BCUT2D eigenvalue weighted by Gasteiger charge is -2.21. The summed E-state index contributed by atoms with van der Waals surface area (Å²) in [7, 11) is 0. The average molecular weight is 382 g/mol. The molecule has 4 nitrogen and oxygen atoms in total. The molecule has 0 aliphatic heterocycles. The number of benzene rings is 1. The van der Waals surface area contributed by atoms with Gasteiger partial charge in [-0.05, 0) is 68.1 Å². The van der Waals surface area contributed by atoms with Crippen molar-refractivity contribution in [3.05, 3.63) is 48.2 Å². The second kappa shape index (κ2) is 8.81. The minimum Gasteiger partial charge on any atom is -0.431 e. The summed E-state index contributed by atoms with van der Waals surface area (Å²) in [5, 5.41) is 0.644. The minimum absolute atomic E-state index is 0.644. The molecule has 0 bridgehead atoms. The SMILES string of the molecule is CCCN(CCc1ccc(Oc2nc3ncccc3s2)cc1)CCC1CC1. The fraction of sp³-hybridized carbons (Fsp3) is 0.455. The lowest BCUT2D eigenvalue weighted by atomic mass is 10.1. The Bertz CT molecular complexity index is 824. The van der Waals surface area contributed by atoms with Gasteiger partial charge in [0, 0.05) is 12.7 Å². The van der Waals surface area contributed by atoms with Crippen molar-refractivity contribution in [2.75, 3.05) is 19.6 Å². The summed E-state index contributed by atoms with van der Waals surface area (Å²) >= 11 is 1.53. The number of aromatic nitrogens is 2. The molecular weight excluding hydrogens is 354 g/mol. The molecular formula is C22H27N3OS. The summed E-state index contributed by atoms with van der Waals surface area (Å²) in [4.78, 5) is 11.3. The van der Waals surface area contributed by atoms with Gasteiger partial charge in [0.15, 0.2) is 5.65 Å². The average Bonchev–Trinajstić information content (AvgIpc) is 3.43. The van der Waals surface area contributed by atoms with Crippen molar-refractivity contribution < 1.29 is 4.74 Å². The minimum atomic E-state index is 0.644. The van der Waals surface area contributed by atoms with Crippen molar-refractivity contribution in [2.45, 2.75) is 39.0 Å². The highest BCUT2D eigenvalue weighted by Crippen LogP contribution is 2.32. The molecule has 4 rings (SSSR count). The summed E-state index contributed by atoms with van der Waals surface area (Å²) in [5.41, 5.74) is 2.11. The second-order valence-corrected chi connectivity index (χ2v) is 8.37. The van der Waals surface area contributed by atoms with E-state index in [4.69, 9.17) is 4.74 Å². The van der Waals surface area contributed by atoms with Gasteiger partial charge in [-0.1, -0.05) is 43.2 Å². The smallest absolute Gasteiger partial charge is 0.281 e. The van der Waals surface area contributed by atoms with Crippen LogP contribution in [-0.2, 0) is 6.42 Å². The highest BCUT2D eigenvalue weighted by Gasteiger charge is 2.21. The zero-order valence-corrected chi connectivity index (χ0v) is 16.8. The maximum atomic E-state index is 5.91. The molecule has 1 aliphatic carbocycles. The van der Waals surface area contributed by atoms with Gasteiger partial charge in [0.25, 0.3) is 5.19 Å². The van der Waals surface area contributed by atoms with Crippen LogP contribution in [0.15, 0.2) is 42.6 Å². The highest BCUT2D eigenvalue weighted by atomic mass is 32.1. The van der Waals surface area contributed by atoms with Gasteiger partial charge < -0.3 is 9.64 Å². The first-order chi connectivity index (χ1) is 13.3.